The van der Waals surface area contributed by atoms with Crippen LogP contribution in [0.2, 0.25) is 0 Å². The molecule has 0 saturated heterocycles. The fourth-order valence-corrected chi connectivity index (χ4v) is 4.64. The normalized spacial score (nSPS) is 15.6. The number of amides is 1. The van der Waals surface area contributed by atoms with E-state index in [-0.39, 0.29) is 22.4 Å². The van der Waals surface area contributed by atoms with Gasteiger partial charge < -0.3 is 4.90 Å². The first-order valence-corrected chi connectivity index (χ1v) is 12.6. The molecule has 0 spiro atoms. The molecule has 1 saturated carbocycles. The van der Waals surface area contributed by atoms with Gasteiger partial charge in [0, 0.05) is 18.7 Å². The van der Waals surface area contributed by atoms with Gasteiger partial charge in [-0.25, -0.2) is 23.2 Å². The first-order chi connectivity index (χ1) is 15.3. The molecule has 1 fully saturated rings. The summed E-state index contributed by atoms with van der Waals surface area (Å²) in [7, 11) is -2.11. The molecule has 0 aliphatic heterocycles. The Hall–Kier alpha value is -2.78. The summed E-state index contributed by atoms with van der Waals surface area (Å²) in [6, 6.07) is 7.94. The molecule has 4 rings (SSSR count). The zero-order valence-corrected chi connectivity index (χ0v) is 20.8. The van der Waals surface area contributed by atoms with Crippen molar-refractivity contribution in [2.24, 2.45) is 5.14 Å². The molecule has 2 heterocycles. The first-order valence-electron chi connectivity index (χ1n) is 11.1. The molecule has 8 nitrogen and oxygen atoms in total. The van der Waals surface area contributed by atoms with E-state index < -0.39 is 10.0 Å². The summed E-state index contributed by atoms with van der Waals surface area (Å²) in [5.74, 6) is 0.216. The summed E-state index contributed by atoms with van der Waals surface area (Å²) in [4.78, 5) is 20.3. The Labute approximate surface area is 194 Å². The van der Waals surface area contributed by atoms with E-state index in [4.69, 9.17) is 15.2 Å². The lowest BCUT2D eigenvalue weighted by molar-refractivity contribution is 0.0744. The van der Waals surface area contributed by atoms with Crippen LogP contribution in [0.25, 0.3) is 11.0 Å². The van der Waals surface area contributed by atoms with Crippen molar-refractivity contribution in [3.05, 3.63) is 52.8 Å². The highest BCUT2D eigenvalue weighted by atomic mass is 32.2. The average Bonchev–Trinajstić information content (AvgIpc) is 3.54. The Morgan fingerprint density at radius 1 is 1.24 bits per heavy atom. The fraction of sp³-hybridized carbons (Fsp3) is 0.458. The number of rotatable bonds is 5. The van der Waals surface area contributed by atoms with Crippen LogP contribution < -0.4 is 5.14 Å². The molecular weight excluding hydrogens is 438 g/mol. The number of pyridine rings is 1. The summed E-state index contributed by atoms with van der Waals surface area (Å²) in [5.41, 5.74) is 3.39. The van der Waals surface area contributed by atoms with E-state index in [1.807, 2.05) is 24.6 Å². The largest absolute Gasteiger partial charge is 0.335 e. The number of carbonyl (C=O) groups excluding carboxylic acids is 1. The lowest BCUT2D eigenvalue weighted by Gasteiger charge is -2.26. The predicted molar refractivity (Wildman–Crippen MR) is 128 cm³/mol. The van der Waals surface area contributed by atoms with Crippen LogP contribution >= 0.6 is 0 Å². The van der Waals surface area contributed by atoms with Gasteiger partial charge in [-0.2, -0.15) is 5.10 Å². The van der Waals surface area contributed by atoms with Gasteiger partial charge in [0.25, 0.3) is 5.91 Å². The maximum Gasteiger partial charge on any atom is 0.254 e. The SMILES string of the molecule is Cc1nn(C(C)(C)C)c2nc(C3CC3)cc(C(=O)N(C)C(C)c3cccc(S(N)(=O)=O)c3)c12. The first kappa shape index (κ1) is 23.4. The molecule has 2 aromatic heterocycles. The molecule has 1 amide bonds. The van der Waals surface area contributed by atoms with E-state index in [0.29, 0.717) is 17.0 Å². The maximum atomic E-state index is 13.8. The third kappa shape index (κ3) is 4.39. The number of aromatic nitrogens is 3. The second kappa shape index (κ2) is 7.92. The highest BCUT2D eigenvalue weighted by molar-refractivity contribution is 7.89. The molecule has 1 atom stereocenters. The van der Waals surface area contributed by atoms with Crippen LogP contribution in [-0.2, 0) is 15.6 Å². The van der Waals surface area contributed by atoms with Gasteiger partial charge in [-0.05, 0) is 71.2 Å². The van der Waals surface area contributed by atoms with Crippen LogP contribution in [0.1, 0.15) is 79.8 Å². The second-order valence-corrected chi connectivity index (χ2v) is 11.5. The third-order valence-corrected chi connectivity index (χ3v) is 7.18. The third-order valence-electron chi connectivity index (χ3n) is 6.26. The lowest BCUT2D eigenvalue weighted by atomic mass is 10.0. The van der Waals surface area contributed by atoms with E-state index >= 15 is 0 Å². The summed E-state index contributed by atoms with van der Waals surface area (Å²) < 4.78 is 25.5. The maximum absolute atomic E-state index is 13.8. The van der Waals surface area contributed by atoms with E-state index in [2.05, 4.69) is 20.8 Å². The highest BCUT2D eigenvalue weighted by Crippen LogP contribution is 2.41. The number of nitrogens with zero attached hydrogens (tertiary/aromatic N) is 4. The van der Waals surface area contributed by atoms with Gasteiger partial charge in [0.2, 0.25) is 10.0 Å². The molecule has 0 radical (unpaired) electrons. The minimum absolute atomic E-state index is 0.0253. The monoisotopic (exact) mass is 469 g/mol. The van der Waals surface area contributed by atoms with Crippen LogP contribution in [0.15, 0.2) is 35.2 Å². The minimum atomic E-state index is -3.83. The standard InChI is InChI=1S/C24H31N5O3S/c1-14-21-19(13-20(16-10-11-16)26-22(21)29(27-14)24(3,4)5)23(30)28(6)15(2)17-8-7-9-18(12-17)33(25,31)32/h7-9,12-13,15-16H,10-11H2,1-6H3,(H2,25,31,32). The minimum Gasteiger partial charge on any atom is -0.335 e. The fourth-order valence-electron chi connectivity index (χ4n) is 4.07. The summed E-state index contributed by atoms with van der Waals surface area (Å²) >= 11 is 0. The number of hydrogen-bond acceptors (Lipinski definition) is 5. The number of carbonyl (C=O) groups is 1. The van der Waals surface area contributed by atoms with Gasteiger partial charge >= 0.3 is 0 Å². The van der Waals surface area contributed by atoms with Gasteiger partial charge in [-0.15, -0.1) is 0 Å². The molecular formula is C24H31N5O3S. The molecule has 176 valence electrons. The Balaban J connectivity index is 1.80. The number of aryl methyl sites for hydroxylation is 1. The van der Waals surface area contributed by atoms with Crippen molar-refractivity contribution in [2.45, 2.75) is 69.9 Å². The van der Waals surface area contributed by atoms with Crippen LogP contribution in [0.3, 0.4) is 0 Å². The Bertz CT molecular complexity index is 1350. The second-order valence-electron chi connectivity index (χ2n) is 9.95. The smallest absolute Gasteiger partial charge is 0.254 e. The van der Waals surface area contributed by atoms with Crippen molar-refractivity contribution in [3.63, 3.8) is 0 Å². The summed E-state index contributed by atoms with van der Waals surface area (Å²) in [6.45, 7) is 9.97. The average molecular weight is 470 g/mol. The molecule has 9 heteroatoms. The number of nitrogens with two attached hydrogens (primary N) is 1. The van der Waals surface area contributed by atoms with Crippen LogP contribution in [0.4, 0.5) is 0 Å². The molecule has 1 aromatic carbocycles. The van der Waals surface area contributed by atoms with Gasteiger partial charge in [-0.1, -0.05) is 12.1 Å². The van der Waals surface area contributed by atoms with E-state index in [1.165, 1.54) is 12.1 Å². The Morgan fingerprint density at radius 2 is 1.91 bits per heavy atom. The summed E-state index contributed by atoms with van der Waals surface area (Å²) in [6.07, 6.45) is 2.14. The summed E-state index contributed by atoms with van der Waals surface area (Å²) in [5, 5.41) is 10.8. The molecule has 33 heavy (non-hydrogen) atoms. The van der Waals surface area contributed by atoms with E-state index in [9.17, 15) is 13.2 Å². The number of fused-ring (bicyclic) bond motifs is 1. The van der Waals surface area contributed by atoms with Gasteiger partial charge in [0.1, 0.15) is 0 Å². The van der Waals surface area contributed by atoms with Crippen molar-refractivity contribution >= 4 is 27.0 Å². The highest BCUT2D eigenvalue weighted by Gasteiger charge is 2.32. The lowest BCUT2D eigenvalue weighted by Crippen LogP contribution is -2.30. The van der Waals surface area contributed by atoms with Gasteiger partial charge in [0.05, 0.1) is 33.1 Å². The predicted octanol–water partition coefficient (Wildman–Crippen LogP) is 3.85. The molecule has 1 aliphatic rings. The van der Waals surface area contributed by atoms with E-state index in [1.54, 1.807) is 24.1 Å². The van der Waals surface area contributed by atoms with E-state index in [0.717, 1.165) is 35.3 Å². The molecule has 0 bridgehead atoms. The topological polar surface area (TPSA) is 111 Å². The van der Waals surface area contributed by atoms with Crippen molar-refractivity contribution in [1.82, 2.24) is 19.7 Å². The number of hydrogen-bond donors (Lipinski definition) is 1. The zero-order chi connectivity index (χ0) is 24.3. The quantitative estimate of drug-likeness (QED) is 0.610. The van der Waals surface area contributed by atoms with Crippen LogP contribution in [0, 0.1) is 6.92 Å². The molecule has 2 N–H and O–H groups in total. The Kier molecular flexibility index (Phi) is 5.61. The van der Waals surface area contributed by atoms with Gasteiger partial charge in [0.15, 0.2) is 5.65 Å². The molecule has 1 aliphatic carbocycles. The van der Waals surface area contributed by atoms with Gasteiger partial charge in [-0.3, -0.25) is 4.79 Å². The van der Waals surface area contributed by atoms with Crippen molar-refractivity contribution in [2.75, 3.05) is 7.05 Å². The van der Waals surface area contributed by atoms with Crippen molar-refractivity contribution in [3.8, 4) is 0 Å². The number of sulfonamides is 1. The number of primary sulfonamides is 1. The van der Waals surface area contributed by atoms with Crippen molar-refractivity contribution < 1.29 is 13.2 Å². The van der Waals surface area contributed by atoms with Crippen molar-refractivity contribution in [1.29, 1.82) is 0 Å². The zero-order valence-electron chi connectivity index (χ0n) is 20.0. The van der Waals surface area contributed by atoms with Crippen LogP contribution in [-0.4, -0.2) is 41.0 Å². The number of benzene rings is 1. The van der Waals surface area contributed by atoms with Crippen LogP contribution in [0.5, 0.6) is 0 Å². The Morgan fingerprint density at radius 3 is 2.48 bits per heavy atom. The molecule has 1 unspecified atom stereocenters. The molecule has 3 aromatic rings.